The van der Waals surface area contributed by atoms with E-state index < -0.39 is 15.9 Å². The van der Waals surface area contributed by atoms with Gasteiger partial charge in [-0.3, -0.25) is 4.79 Å². The number of halogens is 2. The third kappa shape index (κ3) is 5.27. The molecule has 164 valence electrons. The lowest BCUT2D eigenvalue weighted by Gasteiger charge is -2.19. The first-order valence-electron chi connectivity index (χ1n) is 9.63. The molecule has 0 bridgehead atoms. The van der Waals surface area contributed by atoms with Crippen LogP contribution in [0.15, 0.2) is 59.6 Å². The molecular formula is C21H22Cl2N4O3S. The van der Waals surface area contributed by atoms with Crippen molar-refractivity contribution >= 4 is 45.0 Å². The van der Waals surface area contributed by atoms with Crippen LogP contribution in [0.3, 0.4) is 0 Å². The second kappa shape index (κ2) is 9.82. The van der Waals surface area contributed by atoms with Crippen LogP contribution in [-0.4, -0.2) is 41.5 Å². The number of sulfonamides is 1. The van der Waals surface area contributed by atoms with Gasteiger partial charge in [-0.15, -0.1) is 0 Å². The summed E-state index contributed by atoms with van der Waals surface area (Å²) in [7, 11) is -3.72. The minimum Gasteiger partial charge on any atom is -0.307 e. The number of nitrogens with zero attached hydrogens (tertiary/aromatic N) is 3. The number of hydrogen-bond acceptors (Lipinski definition) is 4. The van der Waals surface area contributed by atoms with Crippen LogP contribution in [0.5, 0.6) is 0 Å². The van der Waals surface area contributed by atoms with Gasteiger partial charge in [-0.1, -0.05) is 49.2 Å². The third-order valence-corrected chi connectivity index (χ3v) is 7.36. The SMILES string of the molecule is CCN(CC)S(=O)(=O)c1ccc(Cl)c(C(=O)Nc2ccnn2Cc2ccc(Cl)cc2)c1. The molecule has 7 nitrogen and oxygen atoms in total. The molecular weight excluding hydrogens is 459 g/mol. The smallest absolute Gasteiger partial charge is 0.258 e. The molecule has 1 N–H and O–H groups in total. The standard InChI is InChI=1S/C21H22Cl2N4O3S/c1-3-26(4-2)31(29,30)17-9-10-19(23)18(13-17)21(28)25-20-11-12-24-27(20)14-15-5-7-16(22)8-6-15/h5-13H,3-4,14H2,1-2H3,(H,25,28). The maximum atomic E-state index is 12.9. The molecule has 31 heavy (non-hydrogen) atoms. The number of amides is 1. The monoisotopic (exact) mass is 480 g/mol. The van der Waals surface area contributed by atoms with Crippen LogP contribution in [0.2, 0.25) is 10.0 Å². The van der Waals surface area contributed by atoms with E-state index in [-0.39, 0.29) is 15.5 Å². The predicted octanol–water partition coefficient (Wildman–Crippen LogP) is 4.52. The second-order valence-corrected chi connectivity index (χ2v) is 9.47. The predicted molar refractivity (Wildman–Crippen MR) is 122 cm³/mol. The normalized spacial score (nSPS) is 11.6. The average Bonchev–Trinajstić information content (AvgIpc) is 3.17. The van der Waals surface area contributed by atoms with Crippen molar-refractivity contribution in [3.05, 3.63) is 75.9 Å². The number of carbonyl (C=O) groups is 1. The van der Waals surface area contributed by atoms with Crippen molar-refractivity contribution in [1.29, 1.82) is 0 Å². The molecule has 3 aromatic rings. The molecule has 1 amide bonds. The Hall–Kier alpha value is -2.39. The number of carbonyl (C=O) groups excluding carboxylic acids is 1. The summed E-state index contributed by atoms with van der Waals surface area (Å²) in [5.74, 6) is -0.0764. The fraction of sp³-hybridized carbons (Fsp3) is 0.238. The Morgan fingerprint density at radius 2 is 1.74 bits per heavy atom. The van der Waals surface area contributed by atoms with Crippen LogP contribution in [0.1, 0.15) is 29.8 Å². The summed E-state index contributed by atoms with van der Waals surface area (Å²) >= 11 is 12.1. The van der Waals surface area contributed by atoms with Crippen LogP contribution < -0.4 is 5.32 Å². The van der Waals surface area contributed by atoms with Gasteiger partial charge in [-0.25, -0.2) is 13.1 Å². The highest BCUT2D eigenvalue weighted by atomic mass is 35.5. The average molecular weight is 481 g/mol. The maximum absolute atomic E-state index is 12.9. The van der Waals surface area contributed by atoms with Crippen molar-refractivity contribution < 1.29 is 13.2 Å². The largest absolute Gasteiger partial charge is 0.307 e. The van der Waals surface area contributed by atoms with Gasteiger partial charge in [0.05, 0.1) is 28.2 Å². The third-order valence-electron chi connectivity index (χ3n) is 4.73. The van der Waals surface area contributed by atoms with Crippen molar-refractivity contribution in [2.75, 3.05) is 18.4 Å². The van der Waals surface area contributed by atoms with E-state index in [0.717, 1.165) is 5.56 Å². The van der Waals surface area contributed by atoms with Crippen LogP contribution in [0.25, 0.3) is 0 Å². The lowest BCUT2D eigenvalue weighted by Crippen LogP contribution is -2.30. The highest BCUT2D eigenvalue weighted by Gasteiger charge is 2.24. The minimum absolute atomic E-state index is 0.0143. The molecule has 1 aromatic heterocycles. The van der Waals surface area contributed by atoms with Crippen LogP contribution in [-0.2, 0) is 16.6 Å². The molecule has 0 atom stereocenters. The molecule has 3 rings (SSSR count). The summed E-state index contributed by atoms with van der Waals surface area (Å²) in [4.78, 5) is 12.9. The number of nitrogens with one attached hydrogen (secondary N) is 1. The Morgan fingerprint density at radius 3 is 2.39 bits per heavy atom. The Kier molecular flexibility index (Phi) is 7.38. The van der Waals surface area contributed by atoms with Gasteiger partial charge in [0, 0.05) is 24.2 Å². The van der Waals surface area contributed by atoms with Gasteiger partial charge in [0.15, 0.2) is 0 Å². The van der Waals surface area contributed by atoms with Crippen molar-refractivity contribution in [2.24, 2.45) is 0 Å². The molecule has 0 saturated carbocycles. The van der Waals surface area contributed by atoms with E-state index in [1.807, 2.05) is 12.1 Å². The van der Waals surface area contributed by atoms with Gasteiger partial charge >= 0.3 is 0 Å². The van der Waals surface area contributed by atoms with Gasteiger partial charge in [0.2, 0.25) is 10.0 Å². The van der Waals surface area contributed by atoms with E-state index >= 15 is 0 Å². The first-order valence-corrected chi connectivity index (χ1v) is 11.8. The van der Waals surface area contributed by atoms with Crippen molar-refractivity contribution in [3.8, 4) is 0 Å². The first kappa shape index (κ1) is 23.3. The quantitative estimate of drug-likeness (QED) is 0.513. The number of benzene rings is 2. The lowest BCUT2D eigenvalue weighted by atomic mass is 10.2. The molecule has 0 unspecified atom stereocenters. The van der Waals surface area contributed by atoms with Crippen molar-refractivity contribution in [1.82, 2.24) is 14.1 Å². The summed E-state index contributed by atoms with van der Waals surface area (Å²) < 4.78 is 28.5. The zero-order chi connectivity index (χ0) is 22.6. The topological polar surface area (TPSA) is 84.3 Å². The summed E-state index contributed by atoms with van der Waals surface area (Å²) in [5.41, 5.74) is 1.02. The Bertz CT molecular complexity index is 1170. The second-order valence-electron chi connectivity index (χ2n) is 6.69. The van der Waals surface area contributed by atoms with Gasteiger partial charge < -0.3 is 5.32 Å². The number of aromatic nitrogens is 2. The Morgan fingerprint density at radius 1 is 1.06 bits per heavy atom. The zero-order valence-electron chi connectivity index (χ0n) is 17.0. The zero-order valence-corrected chi connectivity index (χ0v) is 19.4. The van der Waals surface area contributed by atoms with Gasteiger partial charge in [-0.2, -0.15) is 9.40 Å². The summed E-state index contributed by atoms with van der Waals surface area (Å²) in [6.45, 7) is 4.59. The molecule has 0 spiro atoms. The fourth-order valence-electron chi connectivity index (χ4n) is 3.06. The fourth-order valence-corrected chi connectivity index (χ4v) is 4.88. The Labute approximate surface area is 191 Å². The van der Waals surface area contributed by atoms with Gasteiger partial charge in [-0.05, 0) is 35.9 Å². The van der Waals surface area contributed by atoms with E-state index in [0.29, 0.717) is 30.5 Å². The van der Waals surface area contributed by atoms with E-state index in [1.165, 1.54) is 22.5 Å². The minimum atomic E-state index is -3.72. The molecule has 1 heterocycles. The number of anilines is 1. The van der Waals surface area contributed by atoms with Gasteiger partial charge in [0.1, 0.15) is 5.82 Å². The van der Waals surface area contributed by atoms with E-state index in [4.69, 9.17) is 23.2 Å². The Balaban J connectivity index is 1.85. The molecule has 0 saturated heterocycles. The molecule has 0 fully saturated rings. The first-order chi connectivity index (χ1) is 14.8. The molecule has 10 heteroatoms. The lowest BCUT2D eigenvalue weighted by molar-refractivity contribution is 0.102. The van der Waals surface area contributed by atoms with E-state index in [1.54, 1.807) is 42.9 Å². The van der Waals surface area contributed by atoms with Crippen LogP contribution >= 0.6 is 23.2 Å². The summed E-state index contributed by atoms with van der Waals surface area (Å²) in [6, 6.07) is 13.1. The van der Waals surface area contributed by atoms with Gasteiger partial charge in [0.25, 0.3) is 5.91 Å². The van der Waals surface area contributed by atoms with E-state index in [2.05, 4.69) is 10.4 Å². The van der Waals surface area contributed by atoms with E-state index in [9.17, 15) is 13.2 Å². The molecule has 0 aliphatic carbocycles. The number of hydrogen-bond donors (Lipinski definition) is 1. The highest BCUT2D eigenvalue weighted by Crippen LogP contribution is 2.24. The highest BCUT2D eigenvalue weighted by molar-refractivity contribution is 7.89. The van der Waals surface area contributed by atoms with Crippen LogP contribution in [0, 0.1) is 0 Å². The maximum Gasteiger partial charge on any atom is 0.258 e. The summed E-state index contributed by atoms with van der Waals surface area (Å²) in [6.07, 6.45) is 1.56. The molecule has 0 radical (unpaired) electrons. The molecule has 2 aromatic carbocycles. The summed E-state index contributed by atoms with van der Waals surface area (Å²) in [5, 5.41) is 7.78. The molecule has 0 aliphatic rings. The van der Waals surface area contributed by atoms with Crippen LogP contribution in [0.4, 0.5) is 5.82 Å². The van der Waals surface area contributed by atoms with Crippen molar-refractivity contribution in [3.63, 3.8) is 0 Å². The molecule has 0 aliphatic heterocycles. The number of rotatable bonds is 8. The van der Waals surface area contributed by atoms with Crippen molar-refractivity contribution in [2.45, 2.75) is 25.3 Å².